The van der Waals surface area contributed by atoms with Crippen LogP contribution in [0, 0.1) is 0 Å². The first-order valence-corrected chi connectivity index (χ1v) is 10.5. The van der Waals surface area contributed by atoms with Crippen LogP contribution in [0.15, 0.2) is 53.6 Å². The molecule has 0 radical (unpaired) electrons. The molecule has 9 nitrogen and oxygen atoms in total. The minimum absolute atomic E-state index is 0.129. The van der Waals surface area contributed by atoms with Crippen molar-refractivity contribution >= 4 is 33.0 Å². The lowest BCUT2D eigenvalue weighted by Crippen LogP contribution is -2.02. The quantitative estimate of drug-likeness (QED) is 0.628. The van der Waals surface area contributed by atoms with Crippen LogP contribution in [0.2, 0.25) is 0 Å². The highest BCUT2D eigenvalue weighted by atomic mass is 32.2. The lowest BCUT2D eigenvalue weighted by atomic mass is 10.2. The largest absolute Gasteiger partial charge is 0.497 e. The third kappa shape index (κ3) is 4.16. The van der Waals surface area contributed by atoms with Crippen molar-refractivity contribution in [3.63, 3.8) is 0 Å². The number of nitrogens with zero attached hydrogens (tertiary/aromatic N) is 2. The fraction of sp³-hybridized carbons (Fsp3) is 0.158. The number of ether oxygens (including phenoxy) is 3. The zero-order valence-electron chi connectivity index (χ0n) is 15.7. The molecule has 1 aliphatic heterocycles. The molecule has 29 heavy (non-hydrogen) atoms. The van der Waals surface area contributed by atoms with Gasteiger partial charge in [0.25, 0.3) is 0 Å². The maximum atomic E-state index is 11.7. The number of methoxy groups -OCH3 is 1. The number of nitrogens with one attached hydrogen (secondary N) is 2. The van der Waals surface area contributed by atoms with Crippen LogP contribution in [-0.2, 0) is 9.84 Å². The van der Waals surface area contributed by atoms with E-state index in [1.807, 2.05) is 0 Å². The molecule has 4 rings (SSSR count). The Kier molecular flexibility index (Phi) is 4.85. The third-order valence-electron chi connectivity index (χ3n) is 4.12. The summed E-state index contributed by atoms with van der Waals surface area (Å²) in [6.45, 7) is 0.129. The van der Waals surface area contributed by atoms with Crippen LogP contribution in [0.25, 0.3) is 0 Å². The van der Waals surface area contributed by atoms with E-state index in [-0.39, 0.29) is 11.7 Å². The summed E-state index contributed by atoms with van der Waals surface area (Å²) in [5, 5.41) is 6.18. The molecule has 2 aromatic carbocycles. The van der Waals surface area contributed by atoms with Crippen molar-refractivity contribution in [1.82, 2.24) is 9.97 Å². The standard InChI is InChI=1S/C19H18N4O5S/c1-26-13-9-15(18-16(10-13)27-11-28-18)22-17-6-7-20-19(23-17)21-12-4-3-5-14(8-12)29(2,24)25/h3-10H,11H2,1-2H3,(H2,20,21,22,23). The second-order valence-electron chi connectivity index (χ2n) is 6.22. The predicted molar refractivity (Wildman–Crippen MR) is 107 cm³/mol. The lowest BCUT2D eigenvalue weighted by molar-refractivity contribution is 0.174. The predicted octanol–water partition coefficient (Wildman–Crippen LogP) is 3.10. The molecule has 0 unspecified atom stereocenters. The van der Waals surface area contributed by atoms with E-state index in [2.05, 4.69) is 20.6 Å². The molecule has 150 valence electrons. The zero-order valence-corrected chi connectivity index (χ0v) is 16.5. The molecule has 0 amide bonds. The number of anilines is 4. The Morgan fingerprint density at radius 1 is 1.10 bits per heavy atom. The van der Waals surface area contributed by atoms with Gasteiger partial charge in [0.2, 0.25) is 12.7 Å². The van der Waals surface area contributed by atoms with Crippen LogP contribution >= 0.6 is 0 Å². The van der Waals surface area contributed by atoms with Gasteiger partial charge in [-0.05, 0) is 24.3 Å². The summed E-state index contributed by atoms with van der Waals surface area (Å²) in [6.07, 6.45) is 2.74. The van der Waals surface area contributed by atoms with Crippen molar-refractivity contribution in [2.45, 2.75) is 4.90 Å². The summed E-state index contributed by atoms with van der Waals surface area (Å²) in [7, 11) is -1.74. The first-order chi connectivity index (χ1) is 13.9. The summed E-state index contributed by atoms with van der Waals surface area (Å²) in [5.74, 6) is 2.57. The van der Waals surface area contributed by atoms with Crippen molar-refractivity contribution in [2.24, 2.45) is 0 Å². The summed E-state index contributed by atoms with van der Waals surface area (Å²) in [4.78, 5) is 8.81. The van der Waals surface area contributed by atoms with E-state index < -0.39 is 9.84 Å². The van der Waals surface area contributed by atoms with E-state index in [4.69, 9.17) is 14.2 Å². The molecule has 0 atom stereocenters. The van der Waals surface area contributed by atoms with Crippen molar-refractivity contribution in [2.75, 3.05) is 30.8 Å². The molecule has 0 saturated heterocycles. The average Bonchev–Trinajstić information content (AvgIpc) is 3.17. The van der Waals surface area contributed by atoms with Crippen molar-refractivity contribution in [3.8, 4) is 17.2 Å². The number of rotatable bonds is 6. The van der Waals surface area contributed by atoms with Gasteiger partial charge in [0.1, 0.15) is 11.6 Å². The topological polar surface area (TPSA) is 112 Å². The highest BCUT2D eigenvalue weighted by Gasteiger charge is 2.20. The highest BCUT2D eigenvalue weighted by molar-refractivity contribution is 7.90. The number of hydrogen-bond acceptors (Lipinski definition) is 9. The first-order valence-electron chi connectivity index (χ1n) is 8.57. The van der Waals surface area contributed by atoms with E-state index in [1.165, 1.54) is 12.1 Å². The average molecular weight is 414 g/mol. The Morgan fingerprint density at radius 3 is 2.76 bits per heavy atom. The molecule has 1 aromatic heterocycles. The monoisotopic (exact) mass is 414 g/mol. The minimum Gasteiger partial charge on any atom is -0.497 e. The zero-order chi connectivity index (χ0) is 20.4. The van der Waals surface area contributed by atoms with Crippen LogP contribution in [0.1, 0.15) is 0 Å². The molecule has 10 heteroatoms. The Labute approximate surface area is 167 Å². The molecule has 2 heterocycles. The molecule has 0 fully saturated rings. The molecule has 3 aromatic rings. The molecule has 2 N–H and O–H groups in total. The van der Waals surface area contributed by atoms with Crippen LogP contribution < -0.4 is 24.8 Å². The second-order valence-corrected chi connectivity index (χ2v) is 8.24. The van der Waals surface area contributed by atoms with Crippen molar-refractivity contribution < 1.29 is 22.6 Å². The van der Waals surface area contributed by atoms with Gasteiger partial charge in [-0.15, -0.1) is 0 Å². The molecule has 1 aliphatic rings. The SMILES string of the molecule is COc1cc(Nc2ccnc(Nc3cccc(S(C)(=O)=O)c3)n2)c2c(c1)OCO2. The smallest absolute Gasteiger partial charge is 0.231 e. The summed E-state index contributed by atoms with van der Waals surface area (Å²) in [6, 6.07) is 11.7. The number of fused-ring (bicyclic) bond motifs is 1. The minimum atomic E-state index is -3.31. The van der Waals surface area contributed by atoms with Crippen LogP contribution in [0.4, 0.5) is 23.1 Å². The molecule has 0 saturated carbocycles. The normalized spacial score (nSPS) is 12.5. The van der Waals surface area contributed by atoms with E-state index >= 15 is 0 Å². The van der Waals surface area contributed by atoms with Gasteiger partial charge in [-0.2, -0.15) is 4.98 Å². The molecule has 0 aliphatic carbocycles. The molecular weight excluding hydrogens is 396 g/mol. The van der Waals surface area contributed by atoms with Gasteiger partial charge in [-0.1, -0.05) is 6.07 Å². The van der Waals surface area contributed by atoms with Crippen molar-refractivity contribution in [3.05, 3.63) is 48.7 Å². The van der Waals surface area contributed by atoms with E-state index in [0.29, 0.717) is 40.4 Å². The van der Waals surface area contributed by atoms with Gasteiger partial charge in [0.05, 0.1) is 17.7 Å². The third-order valence-corrected chi connectivity index (χ3v) is 5.23. The van der Waals surface area contributed by atoms with E-state index in [9.17, 15) is 8.42 Å². The number of benzene rings is 2. The number of aromatic nitrogens is 2. The maximum absolute atomic E-state index is 11.7. The Morgan fingerprint density at radius 2 is 1.97 bits per heavy atom. The van der Waals surface area contributed by atoms with Gasteiger partial charge in [-0.3, -0.25) is 0 Å². The van der Waals surface area contributed by atoms with Gasteiger partial charge in [0.15, 0.2) is 21.3 Å². The number of sulfone groups is 1. The lowest BCUT2D eigenvalue weighted by Gasteiger charge is -2.12. The molecule has 0 bridgehead atoms. The van der Waals surface area contributed by atoms with Gasteiger partial charge in [0, 0.05) is 30.3 Å². The van der Waals surface area contributed by atoms with E-state index in [0.717, 1.165) is 6.26 Å². The van der Waals surface area contributed by atoms with Gasteiger partial charge < -0.3 is 24.8 Å². The van der Waals surface area contributed by atoms with Crippen LogP contribution in [-0.4, -0.2) is 38.5 Å². The van der Waals surface area contributed by atoms with Crippen LogP contribution in [0.3, 0.4) is 0 Å². The fourth-order valence-electron chi connectivity index (χ4n) is 2.76. The summed E-state index contributed by atoms with van der Waals surface area (Å²) >= 11 is 0. The molecular formula is C19H18N4O5S. The van der Waals surface area contributed by atoms with Crippen molar-refractivity contribution in [1.29, 1.82) is 0 Å². The van der Waals surface area contributed by atoms with Crippen LogP contribution in [0.5, 0.6) is 17.2 Å². The van der Waals surface area contributed by atoms with Gasteiger partial charge >= 0.3 is 0 Å². The highest BCUT2D eigenvalue weighted by Crippen LogP contribution is 2.43. The van der Waals surface area contributed by atoms with Gasteiger partial charge in [-0.25, -0.2) is 13.4 Å². The second kappa shape index (κ2) is 7.47. The Balaban J connectivity index is 1.59. The fourth-order valence-corrected chi connectivity index (χ4v) is 3.42. The van der Waals surface area contributed by atoms with E-state index in [1.54, 1.807) is 43.6 Å². The Bertz CT molecular complexity index is 1170. The summed E-state index contributed by atoms with van der Waals surface area (Å²) in [5.41, 5.74) is 1.20. The molecule has 0 spiro atoms. The maximum Gasteiger partial charge on any atom is 0.231 e. The first kappa shape index (κ1) is 18.8. The number of hydrogen-bond donors (Lipinski definition) is 2. The summed E-state index contributed by atoms with van der Waals surface area (Å²) < 4.78 is 39.7. The Hall–Kier alpha value is -3.53.